The average Bonchev–Trinajstić information content (AvgIpc) is 2.82. The van der Waals surface area contributed by atoms with E-state index in [1.54, 1.807) is 18.3 Å². The summed E-state index contributed by atoms with van der Waals surface area (Å²) in [5, 5.41) is 3.28. The molecule has 1 aromatic heterocycles. The van der Waals surface area contributed by atoms with E-state index in [4.69, 9.17) is 11.6 Å². The highest BCUT2D eigenvalue weighted by atomic mass is 35.5. The Morgan fingerprint density at radius 1 is 1.21 bits per heavy atom. The van der Waals surface area contributed by atoms with E-state index in [2.05, 4.69) is 22.4 Å². The third-order valence-electron chi connectivity index (χ3n) is 3.42. The number of anilines is 1. The monoisotopic (exact) mass is 272 g/mol. The van der Waals surface area contributed by atoms with E-state index >= 15 is 0 Å². The Kier molecular flexibility index (Phi) is 3.22. The van der Waals surface area contributed by atoms with Gasteiger partial charge in [-0.15, -0.1) is 0 Å². The molecule has 1 aliphatic carbocycles. The molecule has 0 spiro atoms. The van der Waals surface area contributed by atoms with Crippen molar-refractivity contribution >= 4 is 23.2 Å². The zero-order valence-electron chi connectivity index (χ0n) is 10.3. The fourth-order valence-corrected chi connectivity index (χ4v) is 2.64. The number of hydrogen-bond acceptors (Lipinski definition) is 2. The van der Waals surface area contributed by atoms with Gasteiger partial charge in [0.05, 0.1) is 0 Å². The van der Waals surface area contributed by atoms with Crippen LogP contribution in [0.3, 0.4) is 0 Å². The van der Waals surface area contributed by atoms with Crippen molar-refractivity contribution in [1.82, 2.24) is 4.98 Å². The largest absolute Gasteiger partial charge is 0.326 e. The first-order valence-corrected chi connectivity index (χ1v) is 6.59. The van der Waals surface area contributed by atoms with E-state index in [1.165, 1.54) is 11.1 Å². The molecule has 0 atom stereocenters. The molecule has 1 aromatic carbocycles. The van der Waals surface area contributed by atoms with Crippen LogP contribution >= 0.6 is 11.6 Å². The number of aromatic nitrogens is 1. The van der Waals surface area contributed by atoms with Gasteiger partial charge in [-0.05, 0) is 36.1 Å². The second kappa shape index (κ2) is 5.02. The first kappa shape index (κ1) is 12.2. The number of nitrogens with one attached hydrogen (secondary N) is 1. The lowest BCUT2D eigenvalue weighted by atomic mass is 10.1. The Balaban J connectivity index is 1.70. The second-order valence-corrected chi connectivity index (χ2v) is 5.12. The van der Waals surface area contributed by atoms with Crippen LogP contribution in [0.2, 0.25) is 5.15 Å². The van der Waals surface area contributed by atoms with E-state index < -0.39 is 0 Å². The van der Waals surface area contributed by atoms with Crippen LogP contribution in [0.5, 0.6) is 0 Å². The highest BCUT2D eigenvalue weighted by Crippen LogP contribution is 2.27. The smallest absolute Gasteiger partial charge is 0.228 e. The van der Waals surface area contributed by atoms with Gasteiger partial charge in [0.25, 0.3) is 0 Å². The van der Waals surface area contributed by atoms with Gasteiger partial charge in [-0.25, -0.2) is 4.98 Å². The molecule has 1 N–H and O–H groups in total. The maximum absolute atomic E-state index is 12.2. The van der Waals surface area contributed by atoms with Crippen molar-refractivity contribution in [3.05, 3.63) is 58.9 Å². The molecular formula is C15H13ClN2O. The summed E-state index contributed by atoms with van der Waals surface area (Å²) >= 11 is 5.80. The molecule has 2 aromatic rings. The zero-order chi connectivity index (χ0) is 13.2. The van der Waals surface area contributed by atoms with E-state index in [9.17, 15) is 4.79 Å². The lowest BCUT2D eigenvalue weighted by Crippen LogP contribution is -2.23. The molecule has 4 heteroatoms. The number of rotatable bonds is 2. The number of hydrogen-bond donors (Lipinski definition) is 1. The number of benzene rings is 1. The summed E-state index contributed by atoms with van der Waals surface area (Å²) < 4.78 is 0. The number of nitrogens with zero attached hydrogens (tertiary/aromatic N) is 1. The molecule has 1 heterocycles. The average molecular weight is 273 g/mol. The highest BCUT2D eigenvalue weighted by Gasteiger charge is 2.26. The van der Waals surface area contributed by atoms with Crippen molar-refractivity contribution in [3.63, 3.8) is 0 Å². The van der Waals surface area contributed by atoms with E-state index in [0.29, 0.717) is 10.8 Å². The van der Waals surface area contributed by atoms with Gasteiger partial charge in [0.15, 0.2) is 0 Å². The molecule has 0 bridgehead atoms. The van der Waals surface area contributed by atoms with E-state index in [1.807, 2.05) is 12.1 Å². The summed E-state index contributed by atoms with van der Waals surface area (Å²) in [6.45, 7) is 0. The van der Waals surface area contributed by atoms with Crippen molar-refractivity contribution < 1.29 is 4.79 Å². The Morgan fingerprint density at radius 3 is 2.53 bits per heavy atom. The minimum atomic E-state index is 0.00402. The van der Waals surface area contributed by atoms with Crippen LogP contribution in [0.1, 0.15) is 11.1 Å². The van der Waals surface area contributed by atoms with Gasteiger partial charge in [-0.3, -0.25) is 4.79 Å². The molecule has 0 unspecified atom stereocenters. The molecule has 3 rings (SSSR count). The SMILES string of the molecule is O=C(Nc1ccnc(Cl)c1)C1Cc2ccccc2C1. The number of halogens is 1. The van der Waals surface area contributed by atoms with Gasteiger partial charge in [0.2, 0.25) is 5.91 Å². The maximum atomic E-state index is 12.2. The van der Waals surface area contributed by atoms with Crippen molar-refractivity contribution in [2.45, 2.75) is 12.8 Å². The Morgan fingerprint density at radius 2 is 1.89 bits per heavy atom. The standard InChI is InChI=1S/C15H13ClN2O/c16-14-9-13(5-6-17-14)18-15(19)12-7-10-3-1-2-4-11(10)8-12/h1-6,9,12H,7-8H2,(H,17,18,19). The maximum Gasteiger partial charge on any atom is 0.228 e. The van der Waals surface area contributed by atoms with Crippen LogP contribution in [0.25, 0.3) is 0 Å². The van der Waals surface area contributed by atoms with Crippen molar-refractivity contribution in [3.8, 4) is 0 Å². The lowest BCUT2D eigenvalue weighted by molar-refractivity contribution is -0.119. The minimum absolute atomic E-state index is 0.00402. The second-order valence-electron chi connectivity index (χ2n) is 4.73. The third-order valence-corrected chi connectivity index (χ3v) is 3.62. The van der Waals surface area contributed by atoms with Crippen LogP contribution in [-0.4, -0.2) is 10.9 Å². The molecule has 3 nitrogen and oxygen atoms in total. The Hall–Kier alpha value is -1.87. The molecule has 1 aliphatic rings. The van der Waals surface area contributed by atoms with Crippen LogP contribution in [0.4, 0.5) is 5.69 Å². The van der Waals surface area contributed by atoms with Gasteiger partial charge in [-0.1, -0.05) is 35.9 Å². The lowest BCUT2D eigenvalue weighted by Gasteiger charge is -2.10. The zero-order valence-corrected chi connectivity index (χ0v) is 11.0. The summed E-state index contributed by atoms with van der Waals surface area (Å²) in [7, 11) is 0. The number of amides is 1. The van der Waals surface area contributed by atoms with Gasteiger partial charge in [0.1, 0.15) is 5.15 Å². The summed E-state index contributed by atoms with van der Waals surface area (Å²) in [6.07, 6.45) is 3.20. The van der Waals surface area contributed by atoms with E-state index in [0.717, 1.165) is 12.8 Å². The normalized spacial score (nSPS) is 14.2. The number of carbonyl (C=O) groups excluding carboxylic acids is 1. The number of pyridine rings is 1. The van der Waals surface area contributed by atoms with Crippen molar-refractivity contribution in [2.75, 3.05) is 5.32 Å². The molecule has 0 saturated carbocycles. The Bertz CT molecular complexity index is 602. The van der Waals surface area contributed by atoms with E-state index in [-0.39, 0.29) is 11.8 Å². The predicted octanol–water partition coefficient (Wildman–Crippen LogP) is 3.09. The summed E-state index contributed by atoms with van der Waals surface area (Å²) in [5.74, 6) is 0.0443. The molecule has 0 radical (unpaired) electrons. The molecular weight excluding hydrogens is 260 g/mol. The fourth-order valence-electron chi connectivity index (χ4n) is 2.47. The molecule has 19 heavy (non-hydrogen) atoms. The van der Waals surface area contributed by atoms with Crippen LogP contribution in [0, 0.1) is 5.92 Å². The molecule has 0 fully saturated rings. The van der Waals surface area contributed by atoms with Gasteiger partial charge in [0, 0.05) is 17.8 Å². The minimum Gasteiger partial charge on any atom is -0.326 e. The van der Waals surface area contributed by atoms with Crippen LogP contribution < -0.4 is 5.32 Å². The predicted molar refractivity (Wildman–Crippen MR) is 75.2 cm³/mol. The number of carbonyl (C=O) groups is 1. The van der Waals surface area contributed by atoms with Crippen LogP contribution in [-0.2, 0) is 17.6 Å². The fraction of sp³-hybridized carbons (Fsp3) is 0.200. The summed E-state index contributed by atoms with van der Waals surface area (Å²) in [6, 6.07) is 11.6. The molecule has 96 valence electrons. The topological polar surface area (TPSA) is 42.0 Å². The van der Waals surface area contributed by atoms with Gasteiger partial charge < -0.3 is 5.32 Å². The van der Waals surface area contributed by atoms with Crippen molar-refractivity contribution in [2.24, 2.45) is 5.92 Å². The number of fused-ring (bicyclic) bond motifs is 1. The highest BCUT2D eigenvalue weighted by molar-refractivity contribution is 6.29. The van der Waals surface area contributed by atoms with Crippen molar-refractivity contribution in [1.29, 1.82) is 0 Å². The molecule has 0 saturated heterocycles. The third kappa shape index (κ3) is 2.61. The van der Waals surface area contributed by atoms with Crippen LogP contribution in [0.15, 0.2) is 42.6 Å². The molecule has 0 aliphatic heterocycles. The molecule has 1 amide bonds. The summed E-state index contributed by atoms with van der Waals surface area (Å²) in [5.41, 5.74) is 3.24. The quantitative estimate of drug-likeness (QED) is 0.854. The Labute approximate surface area is 116 Å². The van der Waals surface area contributed by atoms with Gasteiger partial charge >= 0.3 is 0 Å². The first-order chi connectivity index (χ1) is 9.22. The summed E-state index contributed by atoms with van der Waals surface area (Å²) in [4.78, 5) is 16.1. The van der Waals surface area contributed by atoms with Gasteiger partial charge in [-0.2, -0.15) is 0 Å². The first-order valence-electron chi connectivity index (χ1n) is 6.21.